The number of rotatable bonds is 7. The molecule has 0 N–H and O–H groups in total. The average molecular weight is 1010 g/mol. The molecule has 0 saturated heterocycles. The SMILES string of the molecule is CC(C)(C)c1ccc(N(c2ccc(C(C)(C)C)cc2)c2ccc3c(n2)N(c2cccc4c2oc2ccccc24)c2cc(C(C)(C)C)cc4c2B3c2cc(N(c3ccccc3)c3ccccc3)cc3c5ccccc5n-4c23)cc1. The van der Waals surface area contributed by atoms with Gasteiger partial charge in [0.05, 0.1) is 11.2 Å². The predicted molar refractivity (Wildman–Crippen MR) is 331 cm³/mol. The first kappa shape index (κ1) is 47.6. The highest BCUT2D eigenvalue weighted by Crippen LogP contribution is 2.48. The van der Waals surface area contributed by atoms with Gasteiger partial charge in [-0.2, -0.15) is 0 Å². The summed E-state index contributed by atoms with van der Waals surface area (Å²) >= 11 is 0. The topological polar surface area (TPSA) is 40.7 Å². The van der Waals surface area contributed by atoms with Crippen molar-refractivity contribution in [3.8, 4) is 5.69 Å². The van der Waals surface area contributed by atoms with Crippen molar-refractivity contribution in [3.63, 3.8) is 0 Å². The molecule has 0 aliphatic carbocycles. The lowest BCUT2D eigenvalue weighted by Gasteiger charge is -2.41. The van der Waals surface area contributed by atoms with Gasteiger partial charge >= 0.3 is 0 Å². The number of furan rings is 1. The van der Waals surface area contributed by atoms with Crippen LogP contribution in [0.2, 0.25) is 0 Å². The van der Waals surface area contributed by atoms with Crippen LogP contribution >= 0.6 is 0 Å². The summed E-state index contributed by atoms with van der Waals surface area (Å²) in [6, 6.07) is 78.2. The normalized spacial score (nSPS) is 13.1. The van der Waals surface area contributed by atoms with E-state index in [1.807, 2.05) is 0 Å². The number of hydrogen-bond acceptors (Lipinski definition) is 5. The monoisotopic (exact) mass is 1010 g/mol. The summed E-state index contributed by atoms with van der Waals surface area (Å²) in [7, 11) is 0. The number of fused-ring (bicyclic) bond motifs is 10. The molecule has 14 rings (SSSR count). The van der Waals surface area contributed by atoms with Crippen LogP contribution in [0.3, 0.4) is 0 Å². The Labute approximate surface area is 457 Å². The fourth-order valence-electron chi connectivity index (χ4n) is 12.4. The smallest absolute Gasteiger partial charge is 0.254 e. The fourth-order valence-corrected chi connectivity index (χ4v) is 12.4. The minimum absolute atomic E-state index is 0.00817. The van der Waals surface area contributed by atoms with Gasteiger partial charge in [-0.1, -0.05) is 178 Å². The zero-order valence-corrected chi connectivity index (χ0v) is 45.9. The molecule has 0 unspecified atom stereocenters. The second-order valence-electron chi connectivity index (χ2n) is 24.5. The number of aromatic nitrogens is 2. The van der Waals surface area contributed by atoms with E-state index in [0.717, 1.165) is 78.8 Å². The van der Waals surface area contributed by atoms with Crippen LogP contribution in [-0.4, -0.2) is 16.3 Å². The van der Waals surface area contributed by atoms with E-state index in [-0.39, 0.29) is 23.0 Å². The van der Waals surface area contributed by atoms with Crippen molar-refractivity contribution < 1.29 is 4.42 Å². The van der Waals surface area contributed by atoms with Gasteiger partial charge in [0.15, 0.2) is 5.58 Å². The maximum Gasteiger partial charge on any atom is 0.254 e. The van der Waals surface area contributed by atoms with E-state index in [4.69, 9.17) is 9.40 Å². The average Bonchev–Trinajstić information content (AvgIpc) is 4.18. The van der Waals surface area contributed by atoms with Gasteiger partial charge in [-0.3, -0.25) is 9.80 Å². The molecule has 6 nitrogen and oxygen atoms in total. The standard InChI is InChI=1S/C71H62BN5O/c1-69(2,3)45-31-35-50(36-32-45)75(51-37-33-46(34-38-51)70(4,5)6)64-40-39-57-68(73-64)77(60-29-20-27-55-54-26-17-19-30-63(54)78-67(55)60)62-42-47(71(7,8)9)41-61-65(62)72(57)58-44-52(43-56-53-25-16-18-28-59(53)76(61)66(56)58)74(48-21-12-10-13-22-48)49-23-14-11-15-24-49/h10-44H,1-9H3. The van der Waals surface area contributed by atoms with Crippen molar-refractivity contribution in [1.82, 2.24) is 9.55 Å². The molecule has 2 aliphatic heterocycles. The molecule has 380 valence electrons. The van der Waals surface area contributed by atoms with Crippen molar-refractivity contribution in [1.29, 1.82) is 0 Å². The van der Waals surface area contributed by atoms with E-state index in [2.05, 4.69) is 294 Å². The van der Waals surface area contributed by atoms with Gasteiger partial charge in [0.25, 0.3) is 6.71 Å². The van der Waals surface area contributed by atoms with Gasteiger partial charge < -0.3 is 13.9 Å². The molecule has 2 aliphatic rings. The molecule has 0 bridgehead atoms. The zero-order chi connectivity index (χ0) is 53.4. The molecule has 5 heterocycles. The zero-order valence-electron chi connectivity index (χ0n) is 45.9. The highest BCUT2D eigenvalue weighted by atomic mass is 16.3. The Morgan fingerprint density at radius 3 is 1.59 bits per heavy atom. The lowest BCUT2D eigenvalue weighted by molar-refractivity contribution is 0.590. The van der Waals surface area contributed by atoms with Gasteiger partial charge in [0.2, 0.25) is 0 Å². The summed E-state index contributed by atoms with van der Waals surface area (Å²) in [5.74, 6) is 1.69. The molecule has 9 aromatic carbocycles. The van der Waals surface area contributed by atoms with Crippen LogP contribution in [0, 0.1) is 0 Å². The van der Waals surface area contributed by atoms with Crippen molar-refractivity contribution in [2.75, 3.05) is 14.7 Å². The highest BCUT2D eigenvalue weighted by Gasteiger charge is 2.45. The van der Waals surface area contributed by atoms with Gasteiger partial charge in [-0.15, -0.1) is 0 Å². The number of hydrogen-bond donors (Lipinski definition) is 0. The minimum Gasteiger partial charge on any atom is -0.454 e. The second kappa shape index (κ2) is 17.4. The molecule has 0 radical (unpaired) electrons. The number of pyridine rings is 1. The summed E-state index contributed by atoms with van der Waals surface area (Å²) in [4.78, 5) is 13.3. The Hall–Kier alpha value is -8.81. The van der Waals surface area contributed by atoms with Crippen molar-refractivity contribution in [2.45, 2.75) is 78.6 Å². The Balaban J connectivity index is 1.10. The lowest BCUT2D eigenvalue weighted by atomic mass is 9.34. The summed E-state index contributed by atoms with van der Waals surface area (Å²) in [6.07, 6.45) is 0. The number of anilines is 9. The van der Waals surface area contributed by atoms with Crippen LogP contribution in [0.1, 0.15) is 79.0 Å². The van der Waals surface area contributed by atoms with Gasteiger partial charge in [0, 0.05) is 66.9 Å². The van der Waals surface area contributed by atoms with Crippen LogP contribution in [0.15, 0.2) is 217 Å². The molecular weight excluding hydrogens is 950 g/mol. The maximum atomic E-state index is 7.04. The predicted octanol–water partition coefficient (Wildman–Crippen LogP) is 17.5. The maximum absolute atomic E-state index is 7.04. The van der Waals surface area contributed by atoms with E-state index in [9.17, 15) is 0 Å². The summed E-state index contributed by atoms with van der Waals surface area (Å²) in [5, 5.41) is 4.59. The molecule has 78 heavy (non-hydrogen) atoms. The Bertz CT molecular complexity index is 4230. The summed E-state index contributed by atoms with van der Waals surface area (Å²) < 4.78 is 9.61. The van der Waals surface area contributed by atoms with Crippen LogP contribution in [0.5, 0.6) is 0 Å². The Morgan fingerprint density at radius 1 is 0.410 bits per heavy atom. The van der Waals surface area contributed by atoms with Crippen LogP contribution in [0.4, 0.5) is 51.4 Å². The van der Waals surface area contributed by atoms with Gasteiger partial charge in [-0.25, -0.2) is 4.98 Å². The quantitative estimate of drug-likeness (QED) is 0.149. The van der Waals surface area contributed by atoms with Gasteiger partial charge in [-0.05, 0) is 146 Å². The van der Waals surface area contributed by atoms with Gasteiger partial charge in [0.1, 0.15) is 17.2 Å². The molecule has 3 aromatic heterocycles. The van der Waals surface area contributed by atoms with Crippen LogP contribution in [0.25, 0.3) is 49.4 Å². The molecule has 0 amide bonds. The third-order valence-corrected chi connectivity index (χ3v) is 16.4. The molecule has 7 heteroatoms. The molecule has 0 spiro atoms. The minimum atomic E-state index is -0.207. The third-order valence-electron chi connectivity index (χ3n) is 16.4. The fraction of sp³-hybridized carbons (Fsp3) is 0.169. The summed E-state index contributed by atoms with van der Waals surface area (Å²) in [6.45, 7) is 20.4. The Morgan fingerprint density at radius 2 is 0.962 bits per heavy atom. The van der Waals surface area contributed by atoms with E-state index < -0.39 is 0 Å². The van der Waals surface area contributed by atoms with Crippen LogP contribution < -0.4 is 31.1 Å². The number of benzene rings is 9. The van der Waals surface area contributed by atoms with Crippen molar-refractivity contribution in [2.24, 2.45) is 0 Å². The molecular formula is C71H62BN5O. The first-order chi connectivity index (χ1) is 37.6. The highest BCUT2D eigenvalue weighted by molar-refractivity contribution is 7.00. The van der Waals surface area contributed by atoms with E-state index in [1.165, 1.54) is 55.1 Å². The largest absolute Gasteiger partial charge is 0.454 e. The van der Waals surface area contributed by atoms with E-state index in [0.29, 0.717) is 0 Å². The first-order valence-corrected chi connectivity index (χ1v) is 27.5. The molecule has 12 aromatic rings. The van der Waals surface area contributed by atoms with Crippen molar-refractivity contribution >= 4 is 118 Å². The lowest BCUT2D eigenvalue weighted by Crippen LogP contribution is -2.61. The van der Waals surface area contributed by atoms with Crippen LogP contribution in [-0.2, 0) is 16.2 Å². The first-order valence-electron chi connectivity index (χ1n) is 27.5. The molecule has 0 saturated carbocycles. The molecule has 0 fully saturated rings. The second-order valence-corrected chi connectivity index (χ2v) is 24.5. The third kappa shape index (κ3) is 7.50. The van der Waals surface area contributed by atoms with E-state index >= 15 is 0 Å². The summed E-state index contributed by atoms with van der Waals surface area (Å²) in [5.41, 5.74) is 19.8. The van der Waals surface area contributed by atoms with Crippen molar-refractivity contribution in [3.05, 3.63) is 229 Å². The molecule has 0 atom stereocenters. The number of para-hydroxylation sites is 5. The number of nitrogens with zero attached hydrogens (tertiary/aromatic N) is 5. The Kier molecular flexibility index (Phi) is 10.6. The van der Waals surface area contributed by atoms with E-state index in [1.54, 1.807) is 0 Å².